The van der Waals surface area contributed by atoms with Gasteiger partial charge in [-0.05, 0) is 46.1 Å². The summed E-state index contributed by atoms with van der Waals surface area (Å²) in [5.41, 5.74) is 0.292. The van der Waals surface area contributed by atoms with Crippen LogP contribution in [-0.2, 0) is 16.0 Å². The molecule has 0 saturated carbocycles. The van der Waals surface area contributed by atoms with Crippen LogP contribution in [0.5, 0.6) is 0 Å². The summed E-state index contributed by atoms with van der Waals surface area (Å²) in [6.07, 6.45) is 0.122. The molecule has 2 heterocycles. The molecule has 7 heteroatoms. The molecule has 1 N–H and O–H groups in total. The van der Waals surface area contributed by atoms with Gasteiger partial charge in [0.1, 0.15) is 5.76 Å². The lowest BCUT2D eigenvalue weighted by Gasteiger charge is -2.25. The predicted octanol–water partition coefficient (Wildman–Crippen LogP) is 3.02. The Kier molecular flexibility index (Phi) is 6.00. The molecular weight excluding hydrogens is 338 g/mol. The highest BCUT2D eigenvalue weighted by Gasteiger charge is 2.22. The number of nitrogens with zero attached hydrogens (tertiary/aromatic N) is 2. The Hall–Kier alpha value is -2.15. The van der Waals surface area contributed by atoms with Crippen LogP contribution in [0, 0.1) is 6.92 Å². The number of thiophene rings is 1. The number of aromatic nitrogens is 1. The van der Waals surface area contributed by atoms with Gasteiger partial charge in [-0.1, -0.05) is 6.07 Å². The van der Waals surface area contributed by atoms with Gasteiger partial charge < -0.3 is 14.6 Å². The van der Waals surface area contributed by atoms with E-state index in [2.05, 4.69) is 10.3 Å². The Labute approximate surface area is 152 Å². The number of rotatable bonds is 6. The zero-order valence-electron chi connectivity index (χ0n) is 15.4. The van der Waals surface area contributed by atoms with Gasteiger partial charge in [0.05, 0.1) is 23.5 Å². The van der Waals surface area contributed by atoms with E-state index in [9.17, 15) is 9.59 Å². The predicted molar refractivity (Wildman–Crippen MR) is 98.4 cm³/mol. The largest absolute Gasteiger partial charge is 0.440 e. The third-order valence-corrected chi connectivity index (χ3v) is 4.38. The third-order valence-electron chi connectivity index (χ3n) is 3.53. The first kappa shape index (κ1) is 19.2. The lowest BCUT2D eigenvalue weighted by molar-refractivity contribution is -0.135. The van der Waals surface area contributed by atoms with E-state index in [4.69, 9.17) is 4.42 Å². The number of oxazole rings is 1. The van der Waals surface area contributed by atoms with E-state index in [1.54, 1.807) is 6.92 Å². The summed E-state index contributed by atoms with van der Waals surface area (Å²) >= 11 is 1.54. The van der Waals surface area contributed by atoms with E-state index in [0.29, 0.717) is 23.9 Å². The van der Waals surface area contributed by atoms with E-state index in [-0.39, 0.29) is 30.3 Å². The lowest BCUT2D eigenvalue weighted by Crippen LogP contribution is -2.47. The van der Waals surface area contributed by atoms with Crippen molar-refractivity contribution in [1.82, 2.24) is 15.2 Å². The summed E-state index contributed by atoms with van der Waals surface area (Å²) in [4.78, 5) is 31.5. The molecule has 6 nitrogen and oxygen atoms in total. The molecule has 0 aromatic carbocycles. The first-order valence-electron chi connectivity index (χ1n) is 8.28. The van der Waals surface area contributed by atoms with Gasteiger partial charge in [-0.3, -0.25) is 9.59 Å². The molecule has 0 aliphatic rings. The molecule has 2 rings (SSSR count). The van der Waals surface area contributed by atoms with Crippen molar-refractivity contribution in [3.05, 3.63) is 29.0 Å². The Balaban J connectivity index is 2.03. The molecule has 0 fully saturated rings. The number of amides is 2. The first-order chi connectivity index (χ1) is 11.7. The molecule has 0 aliphatic heterocycles. The third kappa shape index (κ3) is 5.42. The second-order valence-electron chi connectivity index (χ2n) is 6.88. The summed E-state index contributed by atoms with van der Waals surface area (Å²) in [6.45, 7) is 9.90. The van der Waals surface area contributed by atoms with Gasteiger partial charge in [-0.15, -0.1) is 11.3 Å². The van der Waals surface area contributed by atoms with Crippen LogP contribution in [0.15, 0.2) is 21.9 Å². The molecule has 0 unspecified atom stereocenters. The number of carbonyl (C=O) groups is 2. The summed E-state index contributed by atoms with van der Waals surface area (Å²) in [5.74, 6) is 0.857. The van der Waals surface area contributed by atoms with Crippen molar-refractivity contribution in [2.45, 2.75) is 46.6 Å². The quantitative estimate of drug-likeness (QED) is 0.856. The highest BCUT2D eigenvalue weighted by Crippen LogP contribution is 2.26. The number of nitrogens with one attached hydrogen (secondary N) is 1. The van der Waals surface area contributed by atoms with Gasteiger partial charge in [0, 0.05) is 12.1 Å². The molecule has 0 aliphatic carbocycles. The topological polar surface area (TPSA) is 75.4 Å². The summed E-state index contributed by atoms with van der Waals surface area (Å²) in [7, 11) is 0. The summed E-state index contributed by atoms with van der Waals surface area (Å²) in [6, 6.07) is 3.85. The van der Waals surface area contributed by atoms with Crippen LogP contribution in [0.25, 0.3) is 10.8 Å². The average molecular weight is 363 g/mol. The minimum Gasteiger partial charge on any atom is -0.440 e. The van der Waals surface area contributed by atoms with Crippen LogP contribution in [0.1, 0.15) is 39.1 Å². The molecule has 2 amide bonds. The van der Waals surface area contributed by atoms with Crippen LogP contribution < -0.4 is 5.32 Å². The summed E-state index contributed by atoms with van der Waals surface area (Å²) < 4.78 is 5.67. The molecule has 0 radical (unpaired) electrons. The number of aryl methyl sites for hydroxylation is 1. The van der Waals surface area contributed by atoms with E-state index in [1.165, 1.54) is 16.2 Å². The maximum atomic E-state index is 12.6. The molecule has 0 bridgehead atoms. The Morgan fingerprint density at radius 3 is 2.64 bits per heavy atom. The van der Waals surface area contributed by atoms with Crippen LogP contribution >= 0.6 is 11.3 Å². The Morgan fingerprint density at radius 1 is 1.36 bits per heavy atom. The van der Waals surface area contributed by atoms with Crippen molar-refractivity contribution in [3.8, 4) is 10.8 Å². The van der Waals surface area contributed by atoms with Crippen molar-refractivity contribution in [3.63, 3.8) is 0 Å². The van der Waals surface area contributed by atoms with Crippen LogP contribution in [0.3, 0.4) is 0 Å². The van der Waals surface area contributed by atoms with Crippen LogP contribution in [0.2, 0.25) is 0 Å². The first-order valence-corrected chi connectivity index (χ1v) is 9.16. The smallest absolute Gasteiger partial charge is 0.240 e. The molecule has 136 valence electrons. The standard InChI is InChI=1S/C18H25N3O3S/c1-6-21(11-15(22)20-18(3,4)5)16(23)10-13-12(2)24-17(19-13)14-8-7-9-25-14/h7-9H,6,10-11H2,1-5H3,(H,20,22). The van der Waals surface area contributed by atoms with Gasteiger partial charge in [0.15, 0.2) is 0 Å². The van der Waals surface area contributed by atoms with Crippen LogP contribution in [0.4, 0.5) is 0 Å². The second-order valence-corrected chi connectivity index (χ2v) is 7.83. The van der Waals surface area contributed by atoms with E-state index >= 15 is 0 Å². The van der Waals surface area contributed by atoms with Crippen LogP contribution in [-0.4, -0.2) is 40.3 Å². The molecule has 0 saturated heterocycles. The second kappa shape index (κ2) is 7.82. The SMILES string of the molecule is CCN(CC(=O)NC(C)(C)C)C(=O)Cc1nc(-c2cccs2)oc1C. The minimum absolute atomic E-state index is 0.0429. The normalized spacial score (nSPS) is 11.4. The molecular formula is C18H25N3O3S. The Bertz CT molecular complexity index is 729. The minimum atomic E-state index is -0.322. The number of carbonyl (C=O) groups excluding carboxylic acids is 2. The number of hydrogen-bond acceptors (Lipinski definition) is 5. The van der Waals surface area contributed by atoms with E-state index < -0.39 is 0 Å². The molecule has 0 spiro atoms. The van der Waals surface area contributed by atoms with Crippen molar-refractivity contribution in [2.75, 3.05) is 13.1 Å². The highest BCUT2D eigenvalue weighted by molar-refractivity contribution is 7.13. The monoisotopic (exact) mass is 363 g/mol. The Morgan fingerprint density at radius 2 is 2.08 bits per heavy atom. The maximum absolute atomic E-state index is 12.6. The van der Waals surface area contributed by atoms with Crippen molar-refractivity contribution < 1.29 is 14.0 Å². The number of likely N-dealkylation sites (N-methyl/N-ethyl adjacent to an activating group) is 1. The van der Waals surface area contributed by atoms with Gasteiger partial charge in [-0.2, -0.15) is 0 Å². The van der Waals surface area contributed by atoms with Gasteiger partial charge >= 0.3 is 0 Å². The van der Waals surface area contributed by atoms with Gasteiger partial charge in [0.25, 0.3) is 0 Å². The molecule has 2 aromatic rings. The zero-order valence-corrected chi connectivity index (χ0v) is 16.2. The van der Waals surface area contributed by atoms with E-state index in [0.717, 1.165) is 4.88 Å². The number of hydrogen-bond donors (Lipinski definition) is 1. The van der Waals surface area contributed by atoms with Crippen molar-refractivity contribution in [1.29, 1.82) is 0 Å². The maximum Gasteiger partial charge on any atom is 0.240 e. The fourth-order valence-electron chi connectivity index (χ4n) is 2.36. The average Bonchev–Trinajstić information content (AvgIpc) is 3.13. The van der Waals surface area contributed by atoms with Crippen molar-refractivity contribution in [2.24, 2.45) is 0 Å². The zero-order chi connectivity index (χ0) is 18.6. The van der Waals surface area contributed by atoms with E-state index in [1.807, 2.05) is 45.2 Å². The fraction of sp³-hybridized carbons (Fsp3) is 0.500. The summed E-state index contributed by atoms with van der Waals surface area (Å²) in [5, 5.41) is 4.82. The van der Waals surface area contributed by atoms with Crippen molar-refractivity contribution >= 4 is 23.2 Å². The molecule has 0 atom stereocenters. The molecule has 2 aromatic heterocycles. The lowest BCUT2D eigenvalue weighted by atomic mass is 10.1. The fourth-order valence-corrected chi connectivity index (χ4v) is 3.01. The van der Waals surface area contributed by atoms with Gasteiger partial charge in [-0.25, -0.2) is 4.98 Å². The molecule has 25 heavy (non-hydrogen) atoms. The highest BCUT2D eigenvalue weighted by atomic mass is 32.1. The van der Waals surface area contributed by atoms with Gasteiger partial charge in [0.2, 0.25) is 17.7 Å².